The van der Waals surface area contributed by atoms with Crippen LogP contribution in [0, 0.1) is 0 Å². The fourth-order valence-electron chi connectivity index (χ4n) is 2.89. The van der Waals surface area contributed by atoms with Crippen LogP contribution in [0.15, 0.2) is 0 Å². The molecule has 0 unspecified atom stereocenters. The summed E-state index contributed by atoms with van der Waals surface area (Å²) in [5, 5.41) is -0.942. The maximum atomic E-state index is 12.3. The van der Waals surface area contributed by atoms with Gasteiger partial charge in [-0.3, -0.25) is 9.69 Å². The summed E-state index contributed by atoms with van der Waals surface area (Å²) >= 11 is 0. The van der Waals surface area contributed by atoms with E-state index < -0.39 is 15.1 Å². The van der Waals surface area contributed by atoms with Gasteiger partial charge in [0.15, 0.2) is 9.84 Å². The zero-order chi connectivity index (χ0) is 15.5. The van der Waals surface area contributed by atoms with Gasteiger partial charge in [-0.15, -0.1) is 0 Å². The van der Waals surface area contributed by atoms with Crippen molar-refractivity contribution in [1.29, 1.82) is 0 Å². The Balaban J connectivity index is 1.86. The second-order valence-corrected chi connectivity index (χ2v) is 8.45. The van der Waals surface area contributed by atoms with Gasteiger partial charge in [-0.25, -0.2) is 8.42 Å². The molecule has 2 aliphatic heterocycles. The Bertz CT molecular complexity index is 460. The minimum absolute atomic E-state index is 0.267. The van der Waals surface area contributed by atoms with Gasteiger partial charge in [0.25, 0.3) is 0 Å². The number of amides is 1. The van der Waals surface area contributed by atoms with Gasteiger partial charge in [-0.2, -0.15) is 0 Å². The highest BCUT2D eigenvalue weighted by Crippen LogP contribution is 2.15. The first-order valence-corrected chi connectivity index (χ1v) is 9.65. The summed E-state index contributed by atoms with van der Waals surface area (Å²) in [4.78, 5) is 16.3. The van der Waals surface area contributed by atoms with E-state index >= 15 is 0 Å². The fourth-order valence-corrected chi connectivity index (χ4v) is 3.41. The predicted octanol–water partition coefficient (Wildman–Crippen LogP) is 0.133. The van der Waals surface area contributed by atoms with Crippen molar-refractivity contribution in [3.8, 4) is 0 Å². The fraction of sp³-hybridized carbons (Fsp3) is 0.929. The topological polar surface area (TPSA) is 66.9 Å². The average Bonchev–Trinajstić information content (AvgIpc) is 2.81. The monoisotopic (exact) mass is 318 g/mol. The summed E-state index contributed by atoms with van der Waals surface area (Å²) in [6, 6.07) is 0. The number of nitrogens with zero attached hydrogens (tertiary/aromatic N) is 2. The van der Waals surface area contributed by atoms with Crippen molar-refractivity contribution in [2.24, 2.45) is 0 Å². The van der Waals surface area contributed by atoms with E-state index in [1.54, 1.807) is 4.90 Å². The molecular formula is C14H26N2O4S. The predicted molar refractivity (Wildman–Crippen MR) is 80.9 cm³/mol. The third-order valence-corrected chi connectivity index (χ3v) is 5.86. The van der Waals surface area contributed by atoms with Crippen molar-refractivity contribution in [2.75, 3.05) is 45.6 Å². The number of carbonyl (C=O) groups excluding carboxylic acids is 1. The van der Waals surface area contributed by atoms with Crippen molar-refractivity contribution >= 4 is 15.7 Å². The summed E-state index contributed by atoms with van der Waals surface area (Å²) in [5.41, 5.74) is 0. The Hall–Kier alpha value is -0.660. The van der Waals surface area contributed by atoms with Gasteiger partial charge in [0.1, 0.15) is 5.25 Å². The second-order valence-electron chi connectivity index (χ2n) is 6.09. The largest absolute Gasteiger partial charge is 0.377 e. The summed E-state index contributed by atoms with van der Waals surface area (Å²) < 4.78 is 28.7. The minimum Gasteiger partial charge on any atom is -0.377 e. The molecule has 21 heavy (non-hydrogen) atoms. The van der Waals surface area contributed by atoms with Crippen LogP contribution in [-0.2, 0) is 19.4 Å². The first-order valence-electron chi connectivity index (χ1n) is 7.69. The molecule has 2 saturated heterocycles. The van der Waals surface area contributed by atoms with Crippen LogP contribution < -0.4 is 0 Å². The molecule has 0 spiro atoms. The molecule has 0 aromatic carbocycles. The Morgan fingerprint density at radius 3 is 2.62 bits per heavy atom. The summed E-state index contributed by atoms with van der Waals surface area (Å²) in [6.07, 6.45) is 4.58. The molecule has 1 amide bonds. The maximum absolute atomic E-state index is 12.3. The molecular weight excluding hydrogens is 292 g/mol. The maximum Gasteiger partial charge on any atom is 0.240 e. The molecule has 0 aliphatic carbocycles. The van der Waals surface area contributed by atoms with Gasteiger partial charge in [-0.1, -0.05) is 0 Å². The first-order chi connectivity index (χ1) is 9.88. The van der Waals surface area contributed by atoms with E-state index in [4.69, 9.17) is 4.74 Å². The zero-order valence-electron chi connectivity index (χ0n) is 13.0. The summed E-state index contributed by atoms with van der Waals surface area (Å²) in [5.74, 6) is -0.267. The molecule has 2 atom stereocenters. The van der Waals surface area contributed by atoms with E-state index in [0.29, 0.717) is 19.2 Å². The van der Waals surface area contributed by atoms with Crippen molar-refractivity contribution in [3.05, 3.63) is 0 Å². The Labute approximate surface area is 127 Å². The van der Waals surface area contributed by atoms with Gasteiger partial charge in [0, 0.05) is 39.0 Å². The standard InChI is InChI=1S/C14H26N2O4S/c1-12(21(2,18)19)14(17)16-7-4-6-15(8-9-16)11-13-5-3-10-20-13/h12-13H,3-11H2,1-2H3/t12-,13-/m0/s1. The quantitative estimate of drug-likeness (QED) is 0.737. The molecule has 122 valence electrons. The number of carbonyl (C=O) groups is 1. The van der Waals surface area contributed by atoms with Crippen LogP contribution in [0.5, 0.6) is 0 Å². The van der Waals surface area contributed by atoms with Crippen LogP contribution in [0.3, 0.4) is 0 Å². The summed E-state index contributed by atoms with van der Waals surface area (Å²) in [6.45, 7) is 6.23. The Kier molecular flexibility index (Phi) is 5.62. The van der Waals surface area contributed by atoms with E-state index in [9.17, 15) is 13.2 Å². The highest BCUT2D eigenvalue weighted by Gasteiger charge is 2.30. The number of hydrogen-bond acceptors (Lipinski definition) is 5. The molecule has 2 rings (SSSR count). The van der Waals surface area contributed by atoms with E-state index in [1.807, 2.05) is 0 Å². The lowest BCUT2D eigenvalue weighted by molar-refractivity contribution is -0.130. The summed E-state index contributed by atoms with van der Waals surface area (Å²) in [7, 11) is -3.32. The molecule has 2 aliphatic rings. The van der Waals surface area contributed by atoms with Crippen LogP contribution in [-0.4, -0.2) is 81.1 Å². The molecule has 2 heterocycles. The van der Waals surface area contributed by atoms with Crippen molar-refractivity contribution in [2.45, 2.75) is 37.5 Å². The normalized spacial score (nSPS) is 26.6. The lowest BCUT2D eigenvalue weighted by atomic mass is 10.2. The van der Waals surface area contributed by atoms with Crippen molar-refractivity contribution in [3.63, 3.8) is 0 Å². The van der Waals surface area contributed by atoms with E-state index in [2.05, 4.69) is 4.90 Å². The van der Waals surface area contributed by atoms with Crippen LogP contribution in [0.25, 0.3) is 0 Å². The SMILES string of the molecule is C[C@@H](C(=O)N1CCCN(C[C@@H]2CCCO2)CC1)S(C)(=O)=O. The Morgan fingerprint density at radius 2 is 2.00 bits per heavy atom. The molecule has 0 radical (unpaired) electrons. The van der Waals surface area contributed by atoms with Crippen molar-refractivity contribution < 1.29 is 17.9 Å². The van der Waals surface area contributed by atoms with Crippen LogP contribution >= 0.6 is 0 Å². The molecule has 0 bridgehead atoms. The Morgan fingerprint density at radius 1 is 1.24 bits per heavy atom. The highest BCUT2D eigenvalue weighted by atomic mass is 32.2. The molecule has 0 aromatic heterocycles. The minimum atomic E-state index is -3.32. The van der Waals surface area contributed by atoms with Gasteiger partial charge in [0.05, 0.1) is 6.10 Å². The average molecular weight is 318 g/mol. The van der Waals surface area contributed by atoms with Gasteiger partial charge in [0.2, 0.25) is 5.91 Å². The highest BCUT2D eigenvalue weighted by molar-refractivity contribution is 7.92. The lowest BCUT2D eigenvalue weighted by Gasteiger charge is -2.25. The van der Waals surface area contributed by atoms with E-state index in [-0.39, 0.29) is 5.91 Å². The van der Waals surface area contributed by atoms with Gasteiger partial charge in [-0.05, 0) is 32.7 Å². The van der Waals surface area contributed by atoms with E-state index in [0.717, 1.165) is 51.8 Å². The zero-order valence-corrected chi connectivity index (χ0v) is 13.8. The van der Waals surface area contributed by atoms with Crippen LogP contribution in [0.4, 0.5) is 0 Å². The van der Waals surface area contributed by atoms with Gasteiger partial charge >= 0.3 is 0 Å². The van der Waals surface area contributed by atoms with Crippen LogP contribution in [0.2, 0.25) is 0 Å². The number of ether oxygens (including phenoxy) is 1. The second kappa shape index (κ2) is 7.07. The van der Waals surface area contributed by atoms with Crippen molar-refractivity contribution in [1.82, 2.24) is 9.80 Å². The third-order valence-electron chi connectivity index (χ3n) is 4.38. The number of sulfone groups is 1. The first kappa shape index (κ1) is 16.7. The lowest BCUT2D eigenvalue weighted by Crippen LogP contribution is -2.43. The number of rotatable bonds is 4. The third kappa shape index (κ3) is 4.66. The molecule has 7 heteroatoms. The van der Waals surface area contributed by atoms with Gasteiger partial charge < -0.3 is 9.64 Å². The number of hydrogen-bond donors (Lipinski definition) is 0. The molecule has 2 fully saturated rings. The van der Waals surface area contributed by atoms with E-state index in [1.165, 1.54) is 6.92 Å². The molecule has 0 aromatic rings. The molecule has 0 N–H and O–H groups in total. The molecule has 6 nitrogen and oxygen atoms in total. The molecule has 0 saturated carbocycles. The smallest absolute Gasteiger partial charge is 0.240 e. The van der Waals surface area contributed by atoms with Crippen LogP contribution in [0.1, 0.15) is 26.2 Å².